The largest absolute Gasteiger partial charge is 0.381 e. The van der Waals surface area contributed by atoms with Crippen molar-refractivity contribution in [3.8, 4) is 0 Å². The average Bonchev–Trinajstić information content (AvgIpc) is 2.38. The third kappa shape index (κ3) is 3.48. The van der Waals surface area contributed by atoms with Gasteiger partial charge in [-0.05, 0) is 43.9 Å². The predicted octanol–water partition coefficient (Wildman–Crippen LogP) is 1.68. The summed E-state index contributed by atoms with van der Waals surface area (Å²) in [5, 5.41) is 3.27. The molecule has 1 amide bonds. The summed E-state index contributed by atoms with van der Waals surface area (Å²) in [6.45, 7) is 6.30. The predicted molar refractivity (Wildman–Crippen MR) is 75.7 cm³/mol. The van der Waals surface area contributed by atoms with E-state index in [2.05, 4.69) is 19.2 Å². The molecule has 2 rings (SSSR count). The fourth-order valence-electron chi connectivity index (χ4n) is 3.69. The van der Waals surface area contributed by atoms with E-state index in [1.165, 1.54) is 6.42 Å². The van der Waals surface area contributed by atoms with Crippen molar-refractivity contribution in [2.45, 2.75) is 52.0 Å². The highest BCUT2D eigenvalue weighted by atomic mass is 16.5. The van der Waals surface area contributed by atoms with Gasteiger partial charge in [-0.3, -0.25) is 4.79 Å². The third-order valence-electron chi connectivity index (χ3n) is 4.84. The second-order valence-corrected chi connectivity index (χ2v) is 6.68. The van der Waals surface area contributed by atoms with Crippen LogP contribution in [0.15, 0.2) is 0 Å². The molecule has 1 saturated heterocycles. The van der Waals surface area contributed by atoms with Crippen LogP contribution < -0.4 is 11.1 Å². The lowest BCUT2D eigenvalue weighted by molar-refractivity contribution is -0.137. The number of nitrogens with one attached hydrogen (secondary N) is 1. The van der Waals surface area contributed by atoms with Crippen molar-refractivity contribution in [3.05, 3.63) is 0 Å². The van der Waals surface area contributed by atoms with E-state index in [0.29, 0.717) is 37.6 Å². The number of carbonyl (C=O) groups excluding carboxylic acids is 1. The summed E-state index contributed by atoms with van der Waals surface area (Å²) in [5.41, 5.74) is 5.50. The Hall–Kier alpha value is -0.610. The van der Waals surface area contributed by atoms with Crippen LogP contribution in [0.4, 0.5) is 0 Å². The second-order valence-electron chi connectivity index (χ2n) is 6.68. The van der Waals surface area contributed by atoms with E-state index in [4.69, 9.17) is 10.5 Å². The summed E-state index contributed by atoms with van der Waals surface area (Å²) >= 11 is 0. The average molecular weight is 268 g/mol. The summed E-state index contributed by atoms with van der Waals surface area (Å²) < 4.78 is 5.37. The Morgan fingerprint density at radius 1 is 1.21 bits per heavy atom. The highest BCUT2D eigenvalue weighted by Gasteiger charge is 2.40. The van der Waals surface area contributed by atoms with Gasteiger partial charge in [0.05, 0.1) is 5.41 Å². The van der Waals surface area contributed by atoms with Crippen LogP contribution in [0.3, 0.4) is 0 Å². The number of hydrogen-bond acceptors (Lipinski definition) is 3. The lowest BCUT2D eigenvalue weighted by atomic mass is 9.77. The van der Waals surface area contributed by atoms with Gasteiger partial charge in [-0.1, -0.05) is 13.8 Å². The van der Waals surface area contributed by atoms with E-state index >= 15 is 0 Å². The number of amides is 1. The Kier molecular flexibility index (Phi) is 4.85. The Labute approximate surface area is 116 Å². The topological polar surface area (TPSA) is 64.4 Å². The van der Waals surface area contributed by atoms with Crippen LogP contribution in [0.2, 0.25) is 0 Å². The molecule has 4 nitrogen and oxygen atoms in total. The maximum atomic E-state index is 12.6. The van der Waals surface area contributed by atoms with Crippen molar-refractivity contribution in [1.29, 1.82) is 0 Å². The monoisotopic (exact) mass is 268 g/mol. The molecule has 0 bridgehead atoms. The fourth-order valence-corrected chi connectivity index (χ4v) is 3.69. The number of carbonyl (C=O) groups is 1. The van der Waals surface area contributed by atoms with Gasteiger partial charge in [0.1, 0.15) is 0 Å². The molecule has 1 heterocycles. The molecule has 1 aliphatic carbocycles. The van der Waals surface area contributed by atoms with Crippen LogP contribution >= 0.6 is 0 Å². The molecule has 110 valence electrons. The molecule has 2 fully saturated rings. The SMILES string of the molecule is CC1CC(C)CC(NC(=O)C2(CN)CCOCC2)C1. The minimum absolute atomic E-state index is 0.157. The van der Waals surface area contributed by atoms with Gasteiger partial charge < -0.3 is 15.8 Å². The maximum absolute atomic E-state index is 12.6. The number of ether oxygens (including phenoxy) is 1. The lowest BCUT2D eigenvalue weighted by Gasteiger charge is -2.38. The van der Waals surface area contributed by atoms with Crippen LogP contribution in [0.5, 0.6) is 0 Å². The Balaban J connectivity index is 1.95. The molecule has 3 N–H and O–H groups in total. The molecule has 19 heavy (non-hydrogen) atoms. The molecule has 2 aliphatic rings. The van der Waals surface area contributed by atoms with Crippen LogP contribution in [0.25, 0.3) is 0 Å². The molecule has 2 unspecified atom stereocenters. The van der Waals surface area contributed by atoms with Crippen LogP contribution in [-0.4, -0.2) is 31.7 Å². The zero-order chi connectivity index (χ0) is 13.9. The fraction of sp³-hybridized carbons (Fsp3) is 0.933. The number of rotatable bonds is 3. The summed E-state index contributed by atoms with van der Waals surface area (Å²) in [6, 6.07) is 0.331. The first-order valence-corrected chi connectivity index (χ1v) is 7.64. The van der Waals surface area contributed by atoms with Gasteiger partial charge in [0.25, 0.3) is 0 Å². The van der Waals surface area contributed by atoms with Crippen molar-refractivity contribution >= 4 is 5.91 Å². The zero-order valence-electron chi connectivity index (χ0n) is 12.3. The van der Waals surface area contributed by atoms with Crippen molar-refractivity contribution in [3.63, 3.8) is 0 Å². The third-order valence-corrected chi connectivity index (χ3v) is 4.84. The summed E-state index contributed by atoms with van der Waals surface area (Å²) in [6.07, 6.45) is 5.00. The van der Waals surface area contributed by atoms with Crippen LogP contribution in [-0.2, 0) is 9.53 Å². The van der Waals surface area contributed by atoms with Crippen LogP contribution in [0, 0.1) is 17.3 Å². The first-order valence-electron chi connectivity index (χ1n) is 7.64. The van der Waals surface area contributed by atoms with E-state index < -0.39 is 0 Å². The van der Waals surface area contributed by atoms with Gasteiger partial charge >= 0.3 is 0 Å². The van der Waals surface area contributed by atoms with E-state index in [1.54, 1.807) is 0 Å². The van der Waals surface area contributed by atoms with E-state index in [1.807, 2.05) is 0 Å². The second kappa shape index (κ2) is 6.23. The standard InChI is InChI=1S/C15H28N2O2/c1-11-7-12(2)9-13(8-11)17-14(18)15(10-16)3-5-19-6-4-15/h11-13H,3-10,16H2,1-2H3,(H,17,18). The molecular weight excluding hydrogens is 240 g/mol. The van der Waals surface area contributed by atoms with Crippen molar-refractivity contribution in [2.24, 2.45) is 23.0 Å². The van der Waals surface area contributed by atoms with Crippen LogP contribution in [0.1, 0.15) is 46.0 Å². The molecule has 2 atom stereocenters. The highest BCUT2D eigenvalue weighted by Crippen LogP contribution is 2.32. The smallest absolute Gasteiger partial charge is 0.227 e. The van der Waals surface area contributed by atoms with Crippen molar-refractivity contribution in [2.75, 3.05) is 19.8 Å². The normalized spacial score (nSPS) is 34.8. The van der Waals surface area contributed by atoms with Gasteiger partial charge in [0.2, 0.25) is 5.91 Å². The molecule has 4 heteroatoms. The Bertz CT molecular complexity index is 303. The molecule has 0 aromatic heterocycles. The minimum atomic E-state index is -0.387. The van der Waals surface area contributed by atoms with Gasteiger partial charge in [-0.15, -0.1) is 0 Å². The quantitative estimate of drug-likeness (QED) is 0.818. The van der Waals surface area contributed by atoms with E-state index in [0.717, 1.165) is 25.7 Å². The molecule has 1 aliphatic heterocycles. The number of nitrogens with two attached hydrogens (primary N) is 1. The first kappa shape index (κ1) is 14.8. The molecule has 0 radical (unpaired) electrons. The molecular formula is C15H28N2O2. The molecule has 0 aromatic rings. The Morgan fingerprint density at radius 2 is 1.79 bits per heavy atom. The molecule has 1 saturated carbocycles. The maximum Gasteiger partial charge on any atom is 0.227 e. The summed E-state index contributed by atoms with van der Waals surface area (Å²) in [7, 11) is 0. The Morgan fingerprint density at radius 3 is 2.32 bits per heavy atom. The number of hydrogen-bond donors (Lipinski definition) is 2. The van der Waals surface area contributed by atoms with Crippen molar-refractivity contribution < 1.29 is 9.53 Å². The first-order chi connectivity index (χ1) is 9.05. The summed E-state index contributed by atoms with van der Waals surface area (Å²) in [4.78, 5) is 12.6. The van der Waals surface area contributed by atoms with Gasteiger partial charge in [-0.2, -0.15) is 0 Å². The minimum Gasteiger partial charge on any atom is -0.381 e. The van der Waals surface area contributed by atoms with Gasteiger partial charge in [-0.25, -0.2) is 0 Å². The van der Waals surface area contributed by atoms with E-state index in [9.17, 15) is 4.79 Å². The van der Waals surface area contributed by atoms with Gasteiger partial charge in [0, 0.05) is 25.8 Å². The highest BCUT2D eigenvalue weighted by molar-refractivity contribution is 5.83. The molecule has 0 aromatic carbocycles. The van der Waals surface area contributed by atoms with Crippen molar-refractivity contribution in [1.82, 2.24) is 5.32 Å². The van der Waals surface area contributed by atoms with E-state index in [-0.39, 0.29) is 11.3 Å². The molecule has 0 spiro atoms. The summed E-state index contributed by atoms with van der Waals surface area (Å²) in [5.74, 6) is 1.57. The zero-order valence-corrected chi connectivity index (χ0v) is 12.3. The lowest BCUT2D eigenvalue weighted by Crippen LogP contribution is -2.52. The van der Waals surface area contributed by atoms with Gasteiger partial charge in [0.15, 0.2) is 0 Å².